The Labute approximate surface area is 81.1 Å². The summed E-state index contributed by atoms with van der Waals surface area (Å²) in [6.45, 7) is 1.49. The molecule has 1 aliphatic heterocycles. The van der Waals surface area contributed by atoms with Gasteiger partial charge in [0.05, 0.1) is 18.8 Å². The molecule has 74 valence electrons. The second kappa shape index (κ2) is 3.67. The number of fused-ring (bicyclic) bond motifs is 1. The Morgan fingerprint density at radius 1 is 1.36 bits per heavy atom. The van der Waals surface area contributed by atoms with Crippen molar-refractivity contribution in [1.29, 1.82) is 0 Å². The topological polar surface area (TPSA) is 55.8 Å². The fourth-order valence-corrected chi connectivity index (χ4v) is 1.33. The average Bonchev–Trinajstić information content (AvgIpc) is 2.41. The van der Waals surface area contributed by atoms with Gasteiger partial charge in [0.15, 0.2) is 0 Å². The molecule has 1 N–H and O–H groups in total. The van der Waals surface area contributed by atoms with E-state index < -0.39 is 5.97 Å². The van der Waals surface area contributed by atoms with Gasteiger partial charge in [-0.2, -0.15) is 0 Å². The third-order valence-corrected chi connectivity index (χ3v) is 2.06. The lowest BCUT2D eigenvalue weighted by atomic mass is 10.1. The van der Waals surface area contributed by atoms with Crippen LogP contribution in [-0.4, -0.2) is 24.3 Å². The lowest BCUT2D eigenvalue weighted by Crippen LogP contribution is -2.02. The van der Waals surface area contributed by atoms with Gasteiger partial charge in [0.1, 0.15) is 12.4 Å². The zero-order chi connectivity index (χ0) is 9.97. The lowest BCUT2D eigenvalue weighted by molar-refractivity contribution is 0.0696. The standard InChI is InChI=1S/C10H10O4/c11-10(12)7-1-2-8-6-13-3-4-14-9(8)5-7/h1-2,5H,3-4,6H2,(H,11,12). The van der Waals surface area contributed by atoms with Crippen LogP contribution in [0.25, 0.3) is 0 Å². The largest absolute Gasteiger partial charge is 0.491 e. The van der Waals surface area contributed by atoms with Crippen molar-refractivity contribution in [1.82, 2.24) is 0 Å². The Bertz CT molecular complexity index is 359. The van der Waals surface area contributed by atoms with Gasteiger partial charge in [0.25, 0.3) is 0 Å². The van der Waals surface area contributed by atoms with Crippen molar-refractivity contribution in [2.45, 2.75) is 6.61 Å². The maximum absolute atomic E-state index is 10.7. The maximum atomic E-state index is 10.7. The van der Waals surface area contributed by atoms with Crippen molar-refractivity contribution in [2.75, 3.05) is 13.2 Å². The molecule has 0 amide bonds. The Balaban J connectivity index is 2.37. The van der Waals surface area contributed by atoms with Gasteiger partial charge in [-0.05, 0) is 12.1 Å². The summed E-state index contributed by atoms with van der Waals surface area (Å²) < 4.78 is 10.6. The van der Waals surface area contributed by atoms with E-state index in [4.69, 9.17) is 14.6 Å². The van der Waals surface area contributed by atoms with E-state index in [-0.39, 0.29) is 5.56 Å². The molecule has 2 rings (SSSR count). The number of benzene rings is 1. The summed E-state index contributed by atoms with van der Waals surface area (Å²) >= 11 is 0. The van der Waals surface area contributed by atoms with Crippen LogP contribution in [0.3, 0.4) is 0 Å². The highest BCUT2D eigenvalue weighted by atomic mass is 16.5. The van der Waals surface area contributed by atoms with Crippen LogP contribution in [0, 0.1) is 0 Å². The van der Waals surface area contributed by atoms with Gasteiger partial charge in [-0.25, -0.2) is 4.79 Å². The van der Waals surface area contributed by atoms with Crippen molar-refractivity contribution < 1.29 is 19.4 Å². The molecule has 0 spiro atoms. The van der Waals surface area contributed by atoms with Crippen molar-refractivity contribution in [3.05, 3.63) is 29.3 Å². The summed E-state index contributed by atoms with van der Waals surface area (Å²) in [5.74, 6) is -0.330. The van der Waals surface area contributed by atoms with Crippen LogP contribution in [0.15, 0.2) is 18.2 Å². The average molecular weight is 194 g/mol. The molecule has 0 unspecified atom stereocenters. The molecule has 0 atom stereocenters. The zero-order valence-electron chi connectivity index (χ0n) is 7.53. The van der Waals surface area contributed by atoms with E-state index >= 15 is 0 Å². The fourth-order valence-electron chi connectivity index (χ4n) is 1.33. The smallest absolute Gasteiger partial charge is 0.335 e. The third-order valence-electron chi connectivity index (χ3n) is 2.06. The lowest BCUT2D eigenvalue weighted by Gasteiger charge is -2.06. The second-order valence-corrected chi connectivity index (χ2v) is 3.03. The van der Waals surface area contributed by atoms with E-state index in [0.29, 0.717) is 25.6 Å². The van der Waals surface area contributed by atoms with Gasteiger partial charge in [-0.3, -0.25) is 0 Å². The molecule has 1 aliphatic rings. The van der Waals surface area contributed by atoms with E-state index in [9.17, 15) is 4.79 Å². The summed E-state index contributed by atoms with van der Waals surface area (Å²) in [4.78, 5) is 10.7. The molecule has 0 saturated carbocycles. The molecule has 0 radical (unpaired) electrons. The van der Waals surface area contributed by atoms with Gasteiger partial charge in [0, 0.05) is 5.56 Å². The van der Waals surface area contributed by atoms with Crippen molar-refractivity contribution in [3.63, 3.8) is 0 Å². The molecule has 14 heavy (non-hydrogen) atoms. The second-order valence-electron chi connectivity index (χ2n) is 3.03. The molecule has 1 aromatic rings. The summed E-state index contributed by atoms with van der Waals surface area (Å²) in [5.41, 5.74) is 1.14. The SMILES string of the molecule is O=C(O)c1ccc2c(c1)OCCOC2. The number of carboxylic acid groups (broad SMARTS) is 1. The predicted octanol–water partition coefficient (Wildman–Crippen LogP) is 1.29. The minimum absolute atomic E-state index is 0.241. The Morgan fingerprint density at radius 3 is 3.00 bits per heavy atom. The normalized spacial score (nSPS) is 15.1. The van der Waals surface area contributed by atoms with Gasteiger partial charge in [-0.15, -0.1) is 0 Å². The zero-order valence-corrected chi connectivity index (χ0v) is 7.53. The summed E-state index contributed by atoms with van der Waals surface area (Å²) in [6.07, 6.45) is 0. The number of rotatable bonds is 1. The fraction of sp³-hybridized carbons (Fsp3) is 0.300. The van der Waals surface area contributed by atoms with Gasteiger partial charge < -0.3 is 14.6 Å². The number of aromatic carboxylic acids is 1. The van der Waals surface area contributed by atoms with E-state index in [1.54, 1.807) is 12.1 Å². The number of carbonyl (C=O) groups is 1. The third kappa shape index (κ3) is 1.70. The molecule has 1 heterocycles. The molecule has 0 bridgehead atoms. The van der Waals surface area contributed by atoms with E-state index in [0.717, 1.165) is 5.56 Å². The minimum atomic E-state index is -0.943. The first kappa shape index (κ1) is 9.02. The Morgan fingerprint density at radius 2 is 2.21 bits per heavy atom. The number of ether oxygens (including phenoxy) is 2. The Kier molecular flexibility index (Phi) is 2.37. The van der Waals surface area contributed by atoms with Crippen LogP contribution in [0.2, 0.25) is 0 Å². The van der Waals surface area contributed by atoms with Crippen LogP contribution in [0.1, 0.15) is 15.9 Å². The van der Waals surface area contributed by atoms with Crippen LogP contribution in [0.5, 0.6) is 5.75 Å². The molecule has 4 nitrogen and oxygen atoms in total. The first-order valence-corrected chi connectivity index (χ1v) is 4.34. The van der Waals surface area contributed by atoms with Crippen LogP contribution in [0.4, 0.5) is 0 Å². The number of hydrogen-bond acceptors (Lipinski definition) is 3. The number of carboxylic acids is 1. The Hall–Kier alpha value is -1.55. The molecule has 4 heteroatoms. The molecule has 1 aromatic carbocycles. The maximum Gasteiger partial charge on any atom is 0.335 e. The highest BCUT2D eigenvalue weighted by Gasteiger charge is 2.12. The molecular weight excluding hydrogens is 184 g/mol. The van der Waals surface area contributed by atoms with Crippen LogP contribution < -0.4 is 4.74 Å². The molecule has 0 aromatic heterocycles. The highest BCUT2D eigenvalue weighted by Crippen LogP contribution is 2.23. The minimum Gasteiger partial charge on any atom is -0.491 e. The first-order valence-electron chi connectivity index (χ1n) is 4.34. The monoisotopic (exact) mass is 194 g/mol. The van der Waals surface area contributed by atoms with Crippen LogP contribution >= 0.6 is 0 Å². The van der Waals surface area contributed by atoms with Crippen LogP contribution in [-0.2, 0) is 11.3 Å². The van der Waals surface area contributed by atoms with E-state index in [2.05, 4.69) is 0 Å². The van der Waals surface area contributed by atoms with Gasteiger partial charge in [-0.1, -0.05) is 6.07 Å². The predicted molar refractivity (Wildman–Crippen MR) is 48.6 cm³/mol. The molecule has 0 aliphatic carbocycles. The van der Waals surface area contributed by atoms with Crippen molar-refractivity contribution >= 4 is 5.97 Å². The molecular formula is C10H10O4. The quantitative estimate of drug-likeness (QED) is 0.732. The van der Waals surface area contributed by atoms with Crippen molar-refractivity contribution in [2.24, 2.45) is 0 Å². The number of hydrogen-bond donors (Lipinski definition) is 1. The van der Waals surface area contributed by atoms with Crippen molar-refractivity contribution in [3.8, 4) is 5.75 Å². The first-order chi connectivity index (χ1) is 6.77. The molecule has 0 saturated heterocycles. The van der Waals surface area contributed by atoms with Gasteiger partial charge >= 0.3 is 5.97 Å². The highest BCUT2D eigenvalue weighted by molar-refractivity contribution is 5.88. The summed E-state index contributed by atoms with van der Waals surface area (Å²) in [7, 11) is 0. The van der Waals surface area contributed by atoms with Gasteiger partial charge in [0.2, 0.25) is 0 Å². The summed E-state index contributed by atoms with van der Waals surface area (Å²) in [5, 5.41) is 8.77. The van der Waals surface area contributed by atoms with E-state index in [1.807, 2.05) is 0 Å². The summed E-state index contributed by atoms with van der Waals surface area (Å²) in [6, 6.07) is 4.82. The van der Waals surface area contributed by atoms with E-state index in [1.165, 1.54) is 6.07 Å². The molecule has 0 fully saturated rings.